The zero-order chi connectivity index (χ0) is 12.5. The van der Waals surface area contributed by atoms with E-state index >= 15 is 0 Å². The fourth-order valence-corrected chi connectivity index (χ4v) is 4.64. The SMILES string of the molecule is CSc1nnc(CN2CCc3sccc3C2C)s1. The van der Waals surface area contributed by atoms with Crippen LogP contribution in [0.25, 0.3) is 0 Å². The first-order chi connectivity index (χ1) is 8.78. The molecule has 0 saturated heterocycles. The first-order valence-electron chi connectivity index (χ1n) is 5.94. The minimum absolute atomic E-state index is 0.502. The summed E-state index contributed by atoms with van der Waals surface area (Å²) in [6, 6.07) is 2.77. The monoisotopic (exact) mass is 297 g/mol. The summed E-state index contributed by atoms with van der Waals surface area (Å²) >= 11 is 5.27. The Labute approximate surface area is 119 Å². The van der Waals surface area contributed by atoms with Gasteiger partial charge in [0.2, 0.25) is 0 Å². The van der Waals surface area contributed by atoms with Crippen LogP contribution in [0.5, 0.6) is 0 Å². The molecule has 3 nitrogen and oxygen atoms in total. The normalized spacial score (nSPS) is 20.0. The maximum atomic E-state index is 4.27. The van der Waals surface area contributed by atoms with Gasteiger partial charge >= 0.3 is 0 Å². The number of thiophene rings is 1. The van der Waals surface area contributed by atoms with E-state index < -0.39 is 0 Å². The Hall–Kier alpha value is -0.430. The summed E-state index contributed by atoms with van der Waals surface area (Å²) in [4.78, 5) is 4.06. The van der Waals surface area contributed by atoms with Gasteiger partial charge in [0.05, 0.1) is 6.54 Å². The average Bonchev–Trinajstić information content (AvgIpc) is 3.01. The molecule has 0 saturated carbocycles. The van der Waals surface area contributed by atoms with E-state index in [2.05, 4.69) is 33.5 Å². The van der Waals surface area contributed by atoms with E-state index in [0.717, 1.165) is 22.4 Å². The quantitative estimate of drug-likeness (QED) is 0.812. The van der Waals surface area contributed by atoms with Crippen molar-refractivity contribution in [2.75, 3.05) is 12.8 Å². The highest BCUT2D eigenvalue weighted by atomic mass is 32.2. The van der Waals surface area contributed by atoms with Crippen LogP contribution >= 0.6 is 34.4 Å². The maximum Gasteiger partial charge on any atom is 0.174 e. The average molecular weight is 297 g/mol. The van der Waals surface area contributed by atoms with E-state index in [9.17, 15) is 0 Å². The largest absolute Gasteiger partial charge is 0.289 e. The van der Waals surface area contributed by atoms with Crippen molar-refractivity contribution in [3.05, 3.63) is 26.9 Å². The first kappa shape index (κ1) is 12.6. The molecule has 0 radical (unpaired) electrons. The summed E-state index contributed by atoms with van der Waals surface area (Å²) in [6.45, 7) is 4.35. The molecular weight excluding hydrogens is 282 g/mol. The molecule has 1 aliphatic rings. The molecule has 0 N–H and O–H groups in total. The molecule has 1 atom stereocenters. The van der Waals surface area contributed by atoms with E-state index in [-0.39, 0.29) is 0 Å². The van der Waals surface area contributed by atoms with Crippen LogP contribution in [-0.2, 0) is 13.0 Å². The van der Waals surface area contributed by atoms with Crippen molar-refractivity contribution in [2.24, 2.45) is 0 Å². The predicted octanol–water partition coefficient (Wildman–Crippen LogP) is 3.44. The molecule has 3 heterocycles. The molecule has 0 spiro atoms. The number of fused-ring (bicyclic) bond motifs is 1. The van der Waals surface area contributed by atoms with E-state index in [4.69, 9.17) is 0 Å². The predicted molar refractivity (Wildman–Crippen MR) is 78.5 cm³/mol. The smallest absolute Gasteiger partial charge is 0.174 e. The molecule has 2 aromatic rings. The summed E-state index contributed by atoms with van der Waals surface area (Å²) < 4.78 is 1.06. The van der Waals surface area contributed by atoms with Crippen LogP contribution in [-0.4, -0.2) is 27.9 Å². The third-order valence-corrected chi connectivity index (χ3v) is 6.25. The third-order valence-electron chi connectivity index (χ3n) is 3.37. The highest BCUT2D eigenvalue weighted by Crippen LogP contribution is 2.34. The van der Waals surface area contributed by atoms with Crippen molar-refractivity contribution in [3.8, 4) is 0 Å². The summed E-state index contributed by atoms with van der Waals surface area (Å²) in [5, 5.41) is 11.8. The van der Waals surface area contributed by atoms with Crippen LogP contribution in [0, 0.1) is 0 Å². The molecule has 1 unspecified atom stereocenters. The third kappa shape index (κ3) is 2.34. The second-order valence-corrected chi connectivity index (χ2v) is 7.48. The van der Waals surface area contributed by atoms with Crippen molar-refractivity contribution in [3.63, 3.8) is 0 Å². The Balaban J connectivity index is 1.74. The Morgan fingerprint density at radius 1 is 1.50 bits per heavy atom. The Morgan fingerprint density at radius 2 is 2.39 bits per heavy atom. The van der Waals surface area contributed by atoms with Gasteiger partial charge in [0.1, 0.15) is 5.01 Å². The van der Waals surface area contributed by atoms with Crippen LogP contribution in [0.3, 0.4) is 0 Å². The van der Waals surface area contributed by atoms with Gasteiger partial charge in [-0.15, -0.1) is 21.5 Å². The maximum absolute atomic E-state index is 4.27. The number of hydrogen-bond donors (Lipinski definition) is 0. The zero-order valence-corrected chi connectivity index (χ0v) is 12.9. The summed E-state index contributed by atoms with van der Waals surface area (Å²) in [5.41, 5.74) is 1.50. The number of rotatable bonds is 3. The molecule has 2 aromatic heterocycles. The van der Waals surface area contributed by atoms with Gasteiger partial charge in [0.15, 0.2) is 4.34 Å². The molecule has 0 bridgehead atoms. The van der Waals surface area contributed by atoms with Gasteiger partial charge < -0.3 is 0 Å². The van der Waals surface area contributed by atoms with Gasteiger partial charge in [0, 0.05) is 17.5 Å². The number of aromatic nitrogens is 2. The number of nitrogens with zero attached hydrogens (tertiary/aromatic N) is 3. The fourth-order valence-electron chi connectivity index (χ4n) is 2.34. The highest BCUT2D eigenvalue weighted by molar-refractivity contribution is 8.00. The molecule has 18 heavy (non-hydrogen) atoms. The molecule has 0 fully saturated rings. The van der Waals surface area contributed by atoms with Crippen LogP contribution in [0.1, 0.15) is 28.4 Å². The van der Waals surface area contributed by atoms with E-state index in [1.165, 1.54) is 12.0 Å². The molecule has 0 amide bonds. The Kier molecular flexibility index (Phi) is 3.70. The second-order valence-electron chi connectivity index (χ2n) is 4.36. The van der Waals surface area contributed by atoms with Gasteiger partial charge in [-0.05, 0) is 36.6 Å². The van der Waals surface area contributed by atoms with Crippen LogP contribution in [0.15, 0.2) is 15.8 Å². The molecule has 0 aliphatic carbocycles. The van der Waals surface area contributed by atoms with Gasteiger partial charge in [-0.2, -0.15) is 0 Å². The fraction of sp³-hybridized carbons (Fsp3) is 0.500. The highest BCUT2D eigenvalue weighted by Gasteiger charge is 2.25. The number of hydrogen-bond acceptors (Lipinski definition) is 6. The number of thioether (sulfide) groups is 1. The van der Waals surface area contributed by atoms with Gasteiger partial charge in [-0.3, -0.25) is 4.90 Å². The van der Waals surface area contributed by atoms with Crippen molar-refractivity contribution >= 4 is 34.4 Å². The minimum Gasteiger partial charge on any atom is -0.289 e. The minimum atomic E-state index is 0.502. The Morgan fingerprint density at radius 3 is 3.17 bits per heavy atom. The van der Waals surface area contributed by atoms with E-state index in [0.29, 0.717) is 6.04 Å². The van der Waals surface area contributed by atoms with E-state index in [1.807, 2.05) is 17.6 Å². The topological polar surface area (TPSA) is 29.0 Å². The van der Waals surface area contributed by atoms with Crippen LogP contribution < -0.4 is 0 Å². The molecule has 1 aliphatic heterocycles. The first-order valence-corrected chi connectivity index (χ1v) is 8.86. The lowest BCUT2D eigenvalue weighted by atomic mass is 10.0. The lowest BCUT2D eigenvalue weighted by Gasteiger charge is -2.32. The van der Waals surface area contributed by atoms with Crippen LogP contribution in [0.2, 0.25) is 0 Å². The molecule has 0 aromatic carbocycles. The molecule has 6 heteroatoms. The Bertz CT molecular complexity index is 534. The van der Waals surface area contributed by atoms with Crippen LogP contribution in [0.4, 0.5) is 0 Å². The van der Waals surface area contributed by atoms with Crippen molar-refractivity contribution < 1.29 is 0 Å². The second kappa shape index (κ2) is 5.28. The standard InChI is InChI=1S/C12H15N3S3/c1-8-9-4-6-17-10(9)3-5-15(8)7-11-13-14-12(16-2)18-11/h4,6,8H,3,5,7H2,1-2H3. The van der Waals surface area contributed by atoms with Gasteiger partial charge in [-0.25, -0.2) is 0 Å². The van der Waals surface area contributed by atoms with E-state index in [1.54, 1.807) is 28.0 Å². The van der Waals surface area contributed by atoms with Gasteiger partial charge in [-0.1, -0.05) is 23.1 Å². The van der Waals surface area contributed by atoms with Crippen molar-refractivity contribution in [1.29, 1.82) is 0 Å². The lowest BCUT2D eigenvalue weighted by molar-refractivity contribution is 0.191. The van der Waals surface area contributed by atoms with Gasteiger partial charge in [0.25, 0.3) is 0 Å². The van der Waals surface area contributed by atoms with Crippen molar-refractivity contribution in [1.82, 2.24) is 15.1 Å². The summed E-state index contributed by atoms with van der Waals surface area (Å²) in [5.74, 6) is 0. The summed E-state index contributed by atoms with van der Waals surface area (Å²) in [7, 11) is 0. The molecule has 96 valence electrons. The molecule has 3 rings (SSSR count). The summed E-state index contributed by atoms with van der Waals surface area (Å²) in [6.07, 6.45) is 3.22. The molecular formula is C12H15N3S3. The zero-order valence-electron chi connectivity index (χ0n) is 10.4. The van der Waals surface area contributed by atoms with Crippen molar-refractivity contribution in [2.45, 2.75) is 30.3 Å². The lowest BCUT2D eigenvalue weighted by Crippen LogP contribution is -2.32.